The van der Waals surface area contributed by atoms with Gasteiger partial charge in [-0.2, -0.15) is 0 Å². The fourth-order valence-electron chi connectivity index (χ4n) is 2.71. The maximum absolute atomic E-state index is 4.88. The standard InChI is InChI=1S/C18H19N/c1-2-3-4-12-17-15-10-6-5-9-14(15)16-11-7-8-13-18(16)19-17/h5-11,13H,2-4,12H2,1H3. The van der Waals surface area contributed by atoms with E-state index in [0.717, 1.165) is 11.9 Å². The van der Waals surface area contributed by atoms with Crippen molar-refractivity contribution in [2.24, 2.45) is 0 Å². The van der Waals surface area contributed by atoms with E-state index >= 15 is 0 Å². The number of benzene rings is 2. The number of aryl methyl sites for hydroxylation is 1. The molecule has 0 N–H and O–H groups in total. The van der Waals surface area contributed by atoms with Crippen molar-refractivity contribution in [2.75, 3.05) is 0 Å². The lowest BCUT2D eigenvalue weighted by Crippen LogP contribution is -1.94. The lowest BCUT2D eigenvalue weighted by molar-refractivity contribution is 0.712. The molecule has 0 spiro atoms. The fourth-order valence-corrected chi connectivity index (χ4v) is 2.71. The average molecular weight is 249 g/mol. The first kappa shape index (κ1) is 12.2. The first-order chi connectivity index (χ1) is 9.40. The normalized spacial score (nSPS) is 11.2. The van der Waals surface area contributed by atoms with Crippen molar-refractivity contribution in [2.45, 2.75) is 32.6 Å². The van der Waals surface area contributed by atoms with Gasteiger partial charge in [0, 0.05) is 16.5 Å². The Bertz CT molecular complexity index is 700. The van der Waals surface area contributed by atoms with Crippen LogP contribution in [-0.2, 0) is 6.42 Å². The van der Waals surface area contributed by atoms with Crippen LogP contribution in [0.15, 0.2) is 48.5 Å². The molecular weight excluding hydrogens is 230 g/mol. The van der Waals surface area contributed by atoms with Crippen LogP contribution < -0.4 is 0 Å². The molecule has 3 rings (SSSR count). The van der Waals surface area contributed by atoms with Gasteiger partial charge in [0.2, 0.25) is 0 Å². The van der Waals surface area contributed by atoms with Gasteiger partial charge in [-0.25, -0.2) is 0 Å². The summed E-state index contributed by atoms with van der Waals surface area (Å²) in [5.74, 6) is 0. The summed E-state index contributed by atoms with van der Waals surface area (Å²) >= 11 is 0. The van der Waals surface area contributed by atoms with E-state index < -0.39 is 0 Å². The highest BCUT2D eigenvalue weighted by Gasteiger charge is 2.06. The molecule has 0 atom stereocenters. The predicted octanol–water partition coefficient (Wildman–Crippen LogP) is 5.12. The van der Waals surface area contributed by atoms with E-state index in [1.165, 1.54) is 41.1 Å². The van der Waals surface area contributed by atoms with Crippen LogP contribution in [0.5, 0.6) is 0 Å². The van der Waals surface area contributed by atoms with Crippen molar-refractivity contribution in [1.29, 1.82) is 0 Å². The minimum absolute atomic E-state index is 1.08. The summed E-state index contributed by atoms with van der Waals surface area (Å²) < 4.78 is 0. The molecular formula is C18H19N. The second kappa shape index (κ2) is 5.40. The molecule has 1 heteroatoms. The van der Waals surface area contributed by atoms with Gasteiger partial charge >= 0.3 is 0 Å². The van der Waals surface area contributed by atoms with Crippen LogP contribution in [0, 0.1) is 0 Å². The van der Waals surface area contributed by atoms with E-state index in [2.05, 4.69) is 55.5 Å². The lowest BCUT2D eigenvalue weighted by atomic mass is 10.0. The van der Waals surface area contributed by atoms with Crippen molar-refractivity contribution in [3.05, 3.63) is 54.2 Å². The third-order valence-corrected chi connectivity index (χ3v) is 3.70. The van der Waals surface area contributed by atoms with E-state index in [-0.39, 0.29) is 0 Å². The van der Waals surface area contributed by atoms with Crippen molar-refractivity contribution in [3.8, 4) is 0 Å². The minimum Gasteiger partial charge on any atom is -0.252 e. The topological polar surface area (TPSA) is 12.9 Å². The van der Waals surface area contributed by atoms with Crippen molar-refractivity contribution in [1.82, 2.24) is 4.98 Å². The molecule has 96 valence electrons. The number of fused-ring (bicyclic) bond motifs is 3. The summed E-state index contributed by atoms with van der Waals surface area (Å²) in [5.41, 5.74) is 2.37. The Labute approximate surface area is 114 Å². The van der Waals surface area contributed by atoms with Crippen molar-refractivity contribution in [3.63, 3.8) is 0 Å². The summed E-state index contributed by atoms with van der Waals surface area (Å²) in [6.07, 6.45) is 4.85. The smallest absolute Gasteiger partial charge is 0.0711 e. The highest BCUT2D eigenvalue weighted by Crippen LogP contribution is 2.27. The van der Waals surface area contributed by atoms with Gasteiger partial charge in [-0.05, 0) is 24.3 Å². The lowest BCUT2D eigenvalue weighted by Gasteiger charge is -2.09. The maximum atomic E-state index is 4.88. The Hall–Kier alpha value is -1.89. The summed E-state index contributed by atoms with van der Waals surface area (Å²) in [6.45, 7) is 2.24. The number of nitrogens with zero attached hydrogens (tertiary/aromatic N) is 1. The average Bonchev–Trinajstić information content (AvgIpc) is 2.47. The van der Waals surface area contributed by atoms with Crippen LogP contribution in [0.2, 0.25) is 0 Å². The predicted molar refractivity (Wildman–Crippen MR) is 82.5 cm³/mol. The third kappa shape index (κ3) is 2.33. The molecule has 0 radical (unpaired) electrons. The number of para-hydroxylation sites is 1. The molecule has 1 heterocycles. The number of rotatable bonds is 4. The molecule has 0 bridgehead atoms. The van der Waals surface area contributed by atoms with Gasteiger partial charge in [0.15, 0.2) is 0 Å². The molecule has 0 aliphatic rings. The number of hydrogen-bond donors (Lipinski definition) is 0. The molecule has 0 saturated carbocycles. The number of unbranched alkanes of at least 4 members (excludes halogenated alkanes) is 2. The van der Waals surface area contributed by atoms with Gasteiger partial charge in [-0.3, -0.25) is 4.98 Å². The molecule has 1 aromatic heterocycles. The molecule has 19 heavy (non-hydrogen) atoms. The van der Waals surface area contributed by atoms with Crippen LogP contribution in [0.25, 0.3) is 21.7 Å². The largest absolute Gasteiger partial charge is 0.252 e. The van der Waals surface area contributed by atoms with Gasteiger partial charge in [-0.1, -0.05) is 62.2 Å². The van der Waals surface area contributed by atoms with Gasteiger partial charge in [-0.15, -0.1) is 0 Å². The first-order valence-electron chi connectivity index (χ1n) is 7.16. The minimum atomic E-state index is 1.08. The first-order valence-corrected chi connectivity index (χ1v) is 7.16. The third-order valence-electron chi connectivity index (χ3n) is 3.70. The fraction of sp³-hybridized carbons (Fsp3) is 0.278. The van der Waals surface area contributed by atoms with E-state index in [9.17, 15) is 0 Å². The molecule has 0 amide bonds. The zero-order chi connectivity index (χ0) is 13.1. The zero-order valence-corrected chi connectivity index (χ0v) is 11.4. The molecule has 0 saturated heterocycles. The van der Waals surface area contributed by atoms with Crippen LogP contribution in [-0.4, -0.2) is 4.98 Å². The number of hydrogen-bond acceptors (Lipinski definition) is 1. The Morgan fingerprint density at radius 3 is 2.26 bits per heavy atom. The summed E-state index contributed by atoms with van der Waals surface area (Å²) in [5, 5.41) is 3.91. The van der Waals surface area contributed by atoms with Gasteiger partial charge in [0.05, 0.1) is 5.52 Å². The number of aromatic nitrogens is 1. The van der Waals surface area contributed by atoms with Crippen LogP contribution in [0.1, 0.15) is 31.9 Å². The molecule has 0 aliphatic heterocycles. The molecule has 0 aliphatic carbocycles. The highest BCUT2D eigenvalue weighted by atomic mass is 14.7. The molecule has 1 nitrogen and oxygen atoms in total. The van der Waals surface area contributed by atoms with E-state index in [1.807, 2.05) is 0 Å². The Morgan fingerprint density at radius 1 is 0.789 bits per heavy atom. The number of pyridine rings is 1. The summed E-state index contributed by atoms with van der Waals surface area (Å²) in [4.78, 5) is 4.88. The Kier molecular flexibility index (Phi) is 3.45. The summed E-state index contributed by atoms with van der Waals surface area (Å²) in [6, 6.07) is 17.1. The van der Waals surface area contributed by atoms with Gasteiger partial charge in [0.25, 0.3) is 0 Å². The quantitative estimate of drug-likeness (QED) is 0.462. The van der Waals surface area contributed by atoms with Crippen LogP contribution in [0.3, 0.4) is 0 Å². The van der Waals surface area contributed by atoms with Crippen LogP contribution >= 0.6 is 0 Å². The highest BCUT2D eigenvalue weighted by molar-refractivity contribution is 6.06. The molecule has 3 aromatic rings. The van der Waals surface area contributed by atoms with Crippen molar-refractivity contribution < 1.29 is 0 Å². The maximum Gasteiger partial charge on any atom is 0.0711 e. The van der Waals surface area contributed by atoms with E-state index in [1.54, 1.807) is 0 Å². The SMILES string of the molecule is CCCCCc1nc2ccccc2c2ccccc12. The van der Waals surface area contributed by atoms with Gasteiger partial charge < -0.3 is 0 Å². The van der Waals surface area contributed by atoms with Gasteiger partial charge in [0.1, 0.15) is 0 Å². The monoisotopic (exact) mass is 249 g/mol. The molecule has 0 unspecified atom stereocenters. The van der Waals surface area contributed by atoms with E-state index in [0.29, 0.717) is 0 Å². The van der Waals surface area contributed by atoms with Crippen LogP contribution in [0.4, 0.5) is 0 Å². The molecule has 0 fully saturated rings. The Balaban J connectivity index is 2.18. The van der Waals surface area contributed by atoms with Crippen molar-refractivity contribution >= 4 is 21.7 Å². The second-order valence-electron chi connectivity index (χ2n) is 5.08. The summed E-state index contributed by atoms with van der Waals surface area (Å²) in [7, 11) is 0. The molecule has 2 aromatic carbocycles. The van der Waals surface area contributed by atoms with E-state index in [4.69, 9.17) is 4.98 Å². The Morgan fingerprint density at radius 2 is 1.47 bits per heavy atom. The second-order valence-corrected chi connectivity index (χ2v) is 5.08. The zero-order valence-electron chi connectivity index (χ0n) is 11.4.